The Bertz CT molecular complexity index is 115. The number of rotatable bonds is 5. The molecule has 0 aliphatic carbocycles. The number of alkyl halides is 1. The lowest BCUT2D eigenvalue weighted by Crippen LogP contribution is -1.85. The zero-order valence-corrected chi connectivity index (χ0v) is 7.23. The van der Waals surface area contributed by atoms with Crippen LogP contribution in [0.4, 0.5) is 0 Å². The van der Waals surface area contributed by atoms with Crippen molar-refractivity contribution in [1.82, 2.24) is 0 Å². The molecule has 0 amide bonds. The Morgan fingerprint density at radius 3 is 2.67 bits per heavy atom. The van der Waals surface area contributed by atoms with Crippen LogP contribution in [0.2, 0.25) is 0 Å². The van der Waals surface area contributed by atoms with Crippen LogP contribution >= 0.6 is 15.9 Å². The van der Waals surface area contributed by atoms with Crippen molar-refractivity contribution in [2.75, 3.05) is 5.33 Å². The lowest BCUT2D eigenvalue weighted by atomic mass is 10.4. The highest BCUT2D eigenvalue weighted by atomic mass is 79.9. The van der Waals surface area contributed by atoms with Gasteiger partial charge in [0, 0.05) is 5.33 Å². The fourth-order valence-corrected chi connectivity index (χ4v) is 0.825. The molecule has 9 heavy (non-hydrogen) atoms. The molecule has 0 aliphatic heterocycles. The summed E-state index contributed by atoms with van der Waals surface area (Å²) in [5.41, 5.74) is 0. The standard InChI is InChI=1S/C4H8BrO3S/c5-3-1-2-4-8-9(6)7/h4,9H,1-3H2. The molecular weight excluding hydrogens is 208 g/mol. The van der Waals surface area contributed by atoms with Gasteiger partial charge in [0.25, 0.3) is 11.0 Å². The number of unbranched alkanes of at least 4 members (excludes halogenated alkanes) is 1. The average molecular weight is 216 g/mol. The number of hydrogen-bond acceptors (Lipinski definition) is 3. The van der Waals surface area contributed by atoms with E-state index in [9.17, 15) is 8.42 Å². The first-order valence-corrected chi connectivity index (χ1v) is 4.68. The molecule has 5 heteroatoms. The summed E-state index contributed by atoms with van der Waals surface area (Å²) >= 11 is 3.19. The van der Waals surface area contributed by atoms with E-state index in [1.54, 1.807) is 0 Å². The van der Waals surface area contributed by atoms with Gasteiger partial charge in [0.05, 0.1) is 0 Å². The molecule has 0 saturated heterocycles. The molecule has 0 unspecified atom stereocenters. The van der Waals surface area contributed by atoms with Crippen LogP contribution in [0, 0.1) is 6.61 Å². The van der Waals surface area contributed by atoms with E-state index < -0.39 is 11.0 Å². The Morgan fingerprint density at radius 1 is 1.56 bits per heavy atom. The number of halogens is 1. The summed E-state index contributed by atoms with van der Waals surface area (Å²) in [6, 6.07) is 0. The first kappa shape index (κ1) is 9.39. The minimum Gasteiger partial charge on any atom is -0.266 e. The molecule has 1 radical (unpaired) electrons. The Balaban J connectivity index is 2.92. The highest BCUT2D eigenvalue weighted by Crippen LogP contribution is 1.97. The van der Waals surface area contributed by atoms with Gasteiger partial charge < -0.3 is 0 Å². The molecule has 3 nitrogen and oxygen atoms in total. The molecular formula is C4H8BrO3S. The van der Waals surface area contributed by atoms with E-state index in [0.29, 0.717) is 6.42 Å². The van der Waals surface area contributed by atoms with Gasteiger partial charge in [0.1, 0.15) is 6.61 Å². The normalized spacial score (nSPS) is 10.4. The first-order valence-electron chi connectivity index (χ1n) is 2.46. The van der Waals surface area contributed by atoms with Crippen molar-refractivity contribution < 1.29 is 12.6 Å². The smallest absolute Gasteiger partial charge is 0.257 e. The summed E-state index contributed by atoms with van der Waals surface area (Å²) in [5, 5.41) is 0.864. The molecule has 0 spiro atoms. The summed E-state index contributed by atoms with van der Waals surface area (Å²) in [4.78, 5) is 0. The quantitative estimate of drug-likeness (QED) is 0.421. The second-order valence-electron chi connectivity index (χ2n) is 1.33. The largest absolute Gasteiger partial charge is 0.266 e. The van der Waals surface area contributed by atoms with Crippen molar-refractivity contribution in [3.8, 4) is 0 Å². The van der Waals surface area contributed by atoms with E-state index in [2.05, 4.69) is 20.1 Å². The van der Waals surface area contributed by atoms with Crippen LogP contribution in [-0.2, 0) is 15.2 Å². The van der Waals surface area contributed by atoms with Gasteiger partial charge in [-0.3, -0.25) is 4.18 Å². The molecule has 0 saturated carbocycles. The fourth-order valence-electron chi connectivity index (χ4n) is 0.274. The van der Waals surface area contributed by atoms with Gasteiger partial charge in [-0.15, -0.1) is 0 Å². The maximum Gasteiger partial charge on any atom is 0.257 e. The van der Waals surface area contributed by atoms with Crippen LogP contribution in [0.25, 0.3) is 0 Å². The van der Waals surface area contributed by atoms with Crippen molar-refractivity contribution in [2.45, 2.75) is 12.8 Å². The van der Waals surface area contributed by atoms with Gasteiger partial charge in [-0.2, -0.15) is 0 Å². The highest BCUT2D eigenvalue weighted by molar-refractivity contribution is 9.09. The van der Waals surface area contributed by atoms with Crippen molar-refractivity contribution >= 4 is 26.9 Å². The molecule has 0 N–H and O–H groups in total. The van der Waals surface area contributed by atoms with Crippen LogP contribution < -0.4 is 0 Å². The SMILES string of the molecule is O=[SH](=O)O[CH]CCCBr. The molecule has 0 heterocycles. The summed E-state index contributed by atoms with van der Waals surface area (Å²) < 4.78 is 23.6. The maximum absolute atomic E-state index is 9.73. The van der Waals surface area contributed by atoms with E-state index >= 15 is 0 Å². The molecule has 0 atom stereocenters. The monoisotopic (exact) mass is 215 g/mol. The van der Waals surface area contributed by atoms with E-state index in [0.717, 1.165) is 11.8 Å². The lowest BCUT2D eigenvalue weighted by molar-refractivity contribution is 0.398. The summed E-state index contributed by atoms with van der Waals surface area (Å²) in [6.45, 7) is 1.28. The van der Waals surface area contributed by atoms with Crippen molar-refractivity contribution in [1.29, 1.82) is 0 Å². The fraction of sp³-hybridized carbons (Fsp3) is 0.750. The van der Waals surface area contributed by atoms with E-state index in [-0.39, 0.29) is 0 Å². The lowest BCUT2D eigenvalue weighted by Gasteiger charge is -1.90. The van der Waals surface area contributed by atoms with Crippen LogP contribution in [-0.4, -0.2) is 13.7 Å². The molecule has 0 aromatic heterocycles. The topological polar surface area (TPSA) is 43.4 Å². The second-order valence-corrected chi connectivity index (χ2v) is 2.78. The molecule has 0 rings (SSSR count). The third kappa shape index (κ3) is 8.39. The molecule has 0 fully saturated rings. The average Bonchev–Trinajstić information content (AvgIpc) is 1.80. The zero-order valence-electron chi connectivity index (χ0n) is 4.75. The molecule has 55 valence electrons. The Kier molecular flexibility index (Phi) is 6.79. The van der Waals surface area contributed by atoms with E-state index in [1.165, 1.54) is 6.61 Å². The minimum absolute atomic E-state index is 0.661. The van der Waals surface area contributed by atoms with Crippen molar-refractivity contribution in [2.24, 2.45) is 0 Å². The minimum atomic E-state index is -2.69. The molecule has 0 aliphatic rings. The molecule has 0 bridgehead atoms. The van der Waals surface area contributed by atoms with Crippen molar-refractivity contribution in [3.63, 3.8) is 0 Å². The zero-order chi connectivity index (χ0) is 7.11. The van der Waals surface area contributed by atoms with Crippen molar-refractivity contribution in [3.05, 3.63) is 6.61 Å². The van der Waals surface area contributed by atoms with Crippen LogP contribution in [0.5, 0.6) is 0 Å². The highest BCUT2D eigenvalue weighted by Gasteiger charge is 1.87. The van der Waals surface area contributed by atoms with Gasteiger partial charge in [0.15, 0.2) is 0 Å². The first-order chi connectivity index (χ1) is 4.27. The summed E-state index contributed by atoms with van der Waals surface area (Å²) in [7, 11) is -2.69. The van der Waals surface area contributed by atoms with Crippen LogP contribution in [0.3, 0.4) is 0 Å². The van der Waals surface area contributed by atoms with Gasteiger partial charge in [-0.1, -0.05) is 15.9 Å². The van der Waals surface area contributed by atoms with Gasteiger partial charge >= 0.3 is 0 Å². The Labute approximate surface area is 64.7 Å². The number of thiol groups is 1. The summed E-state index contributed by atoms with van der Waals surface area (Å²) in [6.07, 6.45) is 1.55. The maximum atomic E-state index is 9.73. The van der Waals surface area contributed by atoms with E-state index in [4.69, 9.17) is 0 Å². The predicted molar refractivity (Wildman–Crippen MR) is 38.7 cm³/mol. The molecule has 0 aromatic rings. The molecule has 0 aromatic carbocycles. The van der Waals surface area contributed by atoms with Gasteiger partial charge in [0.2, 0.25) is 0 Å². The van der Waals surface area contributed by atoms with Crippen LogP contribution in [0.15, 0.2) is 0 Å². The van der Waals surface area contributed by atoms with Gasteiger partial charge in [-0.05, 0) is 12.8 Å². The van der Waals surface area contributed by atoms with E-state index in [1.807, 2.05) is 0 Å². The predicted octanol–water partition coefficient (Wildman–Crippen LogP) is 0.866. The number of hydrogen-bond donors (Lipinski definition) is 1. The Hall–Kier alpha value is 0.390. The second kappa shape index (κ2) is 6.51. The van der Waals surface area contributed by atoms with Gasteiger partial charge in [-0.25, -0.2) is 8.42 Å². The Morgan fingerprint density at radius 2 is 2.22 bits per heavy atom. The van der Waals surface area contributed by atoms with Crippen LogP contribution in [0.1, 0.15) is 12.8 Å². The third-order valence-electron chi connectivity index (χ3n) is 0.616. The summed E-state index contributed by atoms with van der Waals surface area (Å²) in [5.74, 6) is 0. The third-order valence-corrected chi connectivity index (χ3v) is 1.50.